The van der Waals surface area contributed by atoms with Gasteiger partial charge in [-0.1, -0.05) is 0 Å². The van der Waals surface area contributed by atoms with E-state index in [0.717, 1.165) is 11.5 Å². The number of rotatable bonds is 3. The van der Waals surface area contributed by atoms with E-state index in [4.69, 9.17) is 0 Å². The Bertz CT molecular complexity index is 403. The Morgan fingerprint density at radius 3 is 2.73 bits per heavy atom. The van der Waals surface area contributed by atoms with Gasteiger partial charge in [-0.2, -0.15) is 0 Å². The number of nitrogens with one attached hydrogen (secondary N) is 1. The van der Waals surface area contributed by atoms with E-state index in [1.54, 1.807) is 12.5 Å². The molecular weight excluding hydrogens is 188 g/mol. The number of pyridine rings is 1. The fourth-order valence-electron chi connectivity index (χ4n) is 1.33. The van der Waals surface area contributed by atoms with Gasteiger partial charge in [0.2, 0.25) is 0 Å². The van der Waals surface area contributed by atoms with Crippen LogP contribution in [-0.2, 0) is 0 Å². The van der Waals surface area contributed by atoms with Crippen LogP contribution in [0.4, 0.5) is 5.82 Å². The summed E-state index contributed by atoms with van der Waals surface area (Å²) in [6.45, 7) is 4.18. The number of aromatic nitrogens is 3. The molecule has 0 radical (unpaired) electrons. The molecule has 0 unspecified atom stereocenters. The van der Waals surface area contributed by atoms with Gasteiger partial charge in [0.1, 0.15) is 5.82 Å². The van der Waals surface area contributed by atoms with Crippen LogP contribution in [0, 0.1) is 0 Å². The second kappa shape index (κ2) is 4.13. The van der Waals surface area contributed by atoms with Crippen molar-refractivity contribution < 1.29 is 0 Å². The molecule has 1 N–H and O–H groups in total. The molecule has 0 amide bonds. The molecule has 0 aromatic carbocycles. The number of anilines is 1. The van der Waals surface area contributed by atoms with Crippen LogP contribution >= 0.6 is 0 Å². The van der Waals surface area contributed by atoms with Crippen LogP contribution in [0.3, 0.4) is 0 Å². The van der Waals surface area contributed by atoms with E-state index in [1.165, 1.54) is 0 Å². The van der Waals surface area contributed by atoms with E-state index in [1.807, 2.05) is 29.1 Å². The molecule has 2 aromatic rings. The Morgan fingerprint density at radius 2 is 2.20 bits per heavy atom. The van der Waals surface area contributed by atoms with Crippen LogP contribution in [0.15, 0.2) is 37.1 Å². The molecule has 2 rings (SSSR count). The van der Waals surface area contributed by atoms with Gasteiger partial charge in [-0.05, 0) is 26.0 Å². The maximum atomic E-state index is 4.32. The zero-order valence-corrected chi connectivity index (χ0v) is 8.88. The van der Waals surface area contributed by atoms with E-state index >= 15 is 0 Å². The minimum atomic E-state index is 0.400. The molecule has 0 aliphatic carbocycles. The molecule has 78 valence electrons. The van der Waals surface area contributed by atoms with E-state index in [9.17, 15) is 0 Å². The maximum Gasteiger partial charge on any atom is 0.126 e. The molecule has 2 heterocycles. The number of hydrogen-bond donors (Lipinski definition) is 1. The lowest BCUT2D eigenvalue weighted by Gasteiger charge is -2.09. The summed E-state index contributed by atoms with van der Waals surface area (Å²) < 4.78 is 1.92. The quantitative estimate of drug-likeness (QED) is 0.828. The summed E-state index contributed by atoms with van der Waals surface area (Å²) in [5.74, 6) is 0.897. The van der Waals surface area contributed by atoms with Crippen LogP contribution in [0.25, 0.3) is 5.69 Å². The summed E-state index contributed by atoms with van der Waals surface area (Å²) in [6.07, 6.45) is 7.23. The van der Waals surface area contributed by atoms with Gasteiger partial charge < -0.3 is 9.88 Å². The van der Waals surface area contributed by atoms with Crippen molar-refractivity contribution in [3.63, 3.8) is 0 Å². The van der Waals surface area contributed by atoms with Gasteiger partial charge >= 0.3 is 0 Å². The molecular formula is C11H14N4. The lowest BCUT2D eigenvalue weighted by Crippen LogP contribution is -2.10. The Balaban J connectivity index is 2.17. The van der Waals surface area contributed by atoms with Crippen LogP contribution in [0.5, 0.6) is 0 Å². The van der Waals surface area contributed by atoms with Crippen molar-refractivity contribution in [2.24, 2.45) is 0 Å². The normalized spacial score (nSPS) is 10.6. The zero-order valence-electron chi connectivity index (χ0n) is 8.88. The average molecular weight is 202 g/mol. The van der Waals surface area contributed by atoms with Gasteiger partial charge in [0.15, 0.2) is 0 Å². The summed E-state index contributed by atoms with van der Waals surface area (Å²) in [5.41, 5.74) is 1.02. The monoisotopic (exact) mass is 202 g/mol. The van der Waals surface area contributed by atoms with E-state index in [2.05, 4.69) is 29.1 Å². The predicted molar refractivity (Wildman–Crippen MR) is 60.1 cm³/mol. The third-order valence-electron chi connectivity index (χ3n) is 1.99. The fourth-order valence-corrected chi connectivity index (χ4v) is 1.33. The first-order chi connectivity index (χ1) is 7.25. The SMILES string of the molecule is CC(C)Nc1ccc(-n2ccnc2)cn1. The molecule has 0 atom stereocenters. The van der Waals surface area contributed by atoms with Crippen LogP contribution in [-0.4, -0.2) is 20.6 Å². The number of nitrogens with zero attached hydrogens (tertiary/aromatic N) is 3. The van der Waals surface area contributed by atoms with Crippen molar-refractivity contribution >= 4 is 5.82 Å². The van der Waals surface area contributed by atoms with Crippen LogP contribution in [0.2, 0.25) is 0 Å². The average Bonchev–Trinajstić information content (AvgIpc) is 2.71. The molecule has 4 nitrogen and oxygen atoms in total. The molecule has 4 heteroatoms. The van der Waals surface area contributed by atoms with Gasteiger partial charge in [-0.15, -0.1) is 0 Å². The largest absolute Gasteiger partial charge is 0.368 e. The molecule has 0 bridgehead atoms. The number of imidazole rings is 1. The van der Waals surface area contributed by atoms with Gasteiger partial charge in [-0.3, -0.25) is 0 Å². The highest BCUT2D eigenvalue weighted by Gasteiger charge is 1.98. The van der Waals surface area contributed by atoms with Crippen molar-refractivity contribution in [2.75, 3.05) is 5.32 Å². The molecule has 0 saturated heterocycles. The summed E-state index contributed by atoms with van der Waals surface area (Å²) >= 11 is 0. The highest BCUT2D eigenvalue weighted by Crippen LogP contribution is 2.09. The topological polar surface area (TPSA) is 42.7 Å². The second-order valence-electron chi connectivity index (χ2n) is 3.67. The van der Waals surface area contributed by atoms with Gasteiger partial charge in [0, 0.05) is 18.4 Å². The summed E-state index contributed by atoms with van der Waals surface area (Å²) in [4.78, 5) is 8.30. The van der Waals surface area contributed by atoms with Gasteiger partial charge in [-0.25, -0.2) is 9.97 Å². The lowest BCUT2D eigenvalue weighted by atomic mass is 10.3. The molecule has 0 spiro atoms. The molecule has 0 aliphatic rings. The lowest BCUT2D eigenvalue weighted by molar-refractivity contribution is 0.887. The van der Waals surface area contributed by atoms with Gasteiger partial charge in [0.05, 0.1) is 18.2 Å². The smallest absolute Gasteiger partial charge is 0.126 e. The standard InChI is InChI=1S/C11H14N4/c1-9(2)14-11-4-3-10(7-13-11)15-6-5-12-8-15/h3-9H,1-2H3,(H,13,14). The highest BCUT2D eigenvalue weighted by molar-refractivity contribution is 5.41. The van der Waals surface area contributed by atoms with E-state index in [-0.39, 0.29) is 0 Å². The first-order valence-corrected chi connectivity index (χ1v) is 4.96. The van der Waals surface area contributed by atoms with Crippen molar-refractivity contribution in [2.45, 2.75) is 19.9 Å². The second-order valence-corrected chi connectivity index (χ2v) is 3.67. The first-order valence-electron chi connectivity index (χ1n) is 4.96. The van der Waals surface area contributed by atoms with Crippen molar-refractivity contribution in [1.29, 1.82) is 0 Å². The molecule has 15 heavy (non-hydrogen) atoms. The predicted octanol–water partition coefficient (Wildman–Crippen LogP) is 2.09. The Kier molecular flexibility index (Phi) is 2.67. The van der Waals surface area contributed by atoms with Crippen LogP contribution in [0.1, 0.15) is 13.8 Å². The molecule has 2 aromatic heterocycles. The Morgan fingerprint density at radius 1 is 1.33 bits per heavy atom. The van der Waals surface area contributed by atoms with Crippen molar-refractivity contribution in [3.8, 4) is 5.69 Å². The molecule has 0 fully saturated rings. The van der Waals surface area contributed by atoms with E-state index < -0.39 is 0 Å². The van der Waals surface area contributed by atoms with Crippen LogP contribution < -0.4 is 5.32 Å². The van der Waals surface area contributed by atoms with Gasteiger partial charge in [0.25, 0.3) is 0 Å². The summed E-state index contributed by atoms with van der Waals surface area (Å²) in [5, 5.41) is 3.24. The summed E-state index contributed by atoms with van der Waals surface area (Å²) in [7, 11) is 0. The maximum absolute atomic E-state index is 4.32. The molecule has 0 aliphatic heterocycles. The minimum Gasteiger partial charge on any atom is -0.368 e. The Hall–Kier alpha value is -1.84. The molecule has 0 saturated carbocycles. The zero-order chi connectivity index (χ0) is 10.7. The fraction of sp³-hybridized carbons (Fsp3) is 0.273. The van der Waals surface area contributed by atoms with Crippen molar-refractivity contribution in [1.82, 2.24) is 14.5 Å². The van der Waals surface area contributed by atoms with E-state index in [0.29, 0.717) is 6.04 Å². The number of hydrogen-bond acceptors (Lipinski definition) is 3. The first kappa shape index (κ1) is 9.71. The third-order valence-corrected chi connectivity index (χ3v) is 1.99. The summed E-state index contributed by atoms with van der Waals surface area (Å²) in [6, 6.07) is 4.38. The Labute approximate surface area is 89.0 Å². The highest BCUT2D eigenvalue weighted by atomic mass is 15.0. The third kappa shape index (κ3) is 2.34. The van der Waals surface area contributed by atoms with Crippen molar-refractivity contribution in [3.05, 3.63) is 37.1 Å². The minimum absolute atomic E-state index is 0.400.